The lowest BCUT2D eigenvalue weighted by Gasteiger charge is -2.30. The Hall–Kier alpha value is -9.64. The molecule has 5 rings (SSSR count). The van der Waals surface area contributed by atoms with Crippen LogP contribution in [-0.2, 0) is 72.0 Å². The number of para-hydroxylation sites is 1. The number of aromatic hydroxyl groups is 1. The van der Waals surface area contributed by atoms with Crippen LogP contribution in [0.1, 0.15) is 76.5 Å². The van der Waals surface area contributed by atoms with E-state index < -0.39 is 138 Å². The Morgan fingerprint density at radius 1 is 0.670 bits per heavy atom. The molecule has 0 bridgehead atoms. The summed E-state index contributed by atoms with van der Waals surface area (Å²) < 4.78 is 0. The van der Waals surface area contributed by atoms with Crippen LogP contribution in [0.15, 0.2) is 90.1 Å². The Kier molecular flexibility index (Phi) is 26.2. The van der Waals surface area contributed by atoms with Crippen molar-refractivity contribution in [1.29, 1.82) is 0 Å². The van der Waals surface area contributed by atoms with Gasteiger partial charge in [0.15, 0.2) is 5.96 Å². The molecule has 1 fully saturated rings. The number of β-amino-alcohol motifs (C(OH)–C–C–N with tert-alkyl or cyclic N) is 1. The van der Waals surface area contributed by atoms with Crippen LogP contribution in [0.25, 0.3) is 10.9 Å². The van der Waals surface area contributed by atoms with Gasteiger partial charge in [0, 0.05) is 69.8 Å². The zero-order valence-electron chi connectivity index (χ0n) is 49.7. The molecule has 29 heteroatoms. The molecule has 0 spiro atoms. The number of amides is 11. The number of fused-ring (bicyclic) bond motifs is 1. The average molecular weight is 1220 g/mol. The number of aliphatic hydroxyl groups is 2. The van der Waals surface area contributed by atoms with Crippen molar-refractivity contribution in [3.8, 4) is 5.75 Å². The predicted octanol–water partition coefficient (Wildman–Crippen LogP) is -3.51. The number of phenolic OH excluding ortho intramolecular Hbond substituents is 1. The van der Waals surface area contributed by atoms with Crippen LogP contribution < -0.4 is 65.1 Å². The second kappa shape index (κ2) is 33.3. The molecular weight excluding hydrogens is 1140 g/mol. The lowest BCUT2D eigenvalue weighted by molar-refractivity contribution is -0.142. The Labute approximate surface area is 507 Å². The number of hydrogen-bond donors (Lipinski definition) is 16. The summed E-state index contributed by atoms with van der Waals surface area (Å²) >= 11 is 0. The summed E-state index contributed by atoms with van der Waals surface area (Å²) in [6, 6.07) is 9.85. The number of aliphatic hydroxyl groups excluding tert-OH is 2. The highest BCUT2D eigenvalue weighted by Crippen LogP contribution is 2.23. The SMILES string of the molecule is CN=C(N)NCCC[C@H](NC(=O)[C@H](CC(C)C)NC(=O)CNC(=O)[C@H](Cc1ccccc1)NC(=O)[C@@H](NC(=O)[C@H](CC(N)=O)NC(=O)[C@@H]1C[C@@H](O)CN1C(=O)[C@@H](Cc1ccc(O)cc1)NC(C)=O)[C@@H](C)O)C(=O)N[C@@H](Cc1c[nH]c2ccccc12)C(N)=O. The van der Waals surface area contributed by atoms with E-state index in [1.807, 2.05) is 24.3 Å². The Morgan fingerprint density at radius 3 is 1.92 bits per heavy atom. The maximum Gasteiger partial charge on any atom is 0.246 e. The zero-order chi connectivity index (χ0) is 64.8. The quantitative estimate of drug-likeness (QED) is 0.0128. The predicted molar refractivity (Wildman–Crippen MR) is 321 cm³/mol. The molecule has 4 aromatic rings. The number of nitrogens with zero attached hydrogens (tertiary/aromatic N) is 2. The molecule has 1 aliphatic rings. The van der Waals surface area contributed by atoms with Crippen molar-refractivity contribution in [3.05, 3.63) is 102 Å². The number of carbonyl (C=O) groups excluding carboxylic acids is 11. The standard InChI is InChI=1S/C59H81N15O14/c1-31(2)22-43(54(84)69-41(16-11-21-64-59(62)63-5)53(83)70-42(51(61)81)25-36-28-65-40-15-10-9-14-39(36)40)68-49(80)29-66-52(82)44(23-34-12-7-6-8-13-34)72-57(87)50(32(3)75)73-55(85)45(27-48(60)79)71-56(86)47-26-38(78)30-74(47)58(88)46(67-33(4)76)24-35-17-19-37(77)20-18-35/h6-10,12-15,17-20,28,31-32,38,41-47,50,65,75,77-78H,11,16,21-27,29-30H2,1-5H3,(H2,60,79)(H2,61,81)(H,66,82)(H,67,76)(H,68,80)(H,69,84)(H,70,83)(H,71,86)(H,72,87)(H,73,85)(H3,62,63,64)/t32-,38-,41+,42+,43+,44+,45+,46-,47+,50+/m1/s1. The number of aromatic amines is 1. The fourth-order valence-electron chi connectivity index (χ4n) is 9.87. The molecule has 1 aliphatic heterocycles. The topological polar surface area (TPSA) is 466 Å². The van der Waals surface area contributed by atoms with Gasteiger partial charge in [-0.15, -0.1) is 0 Å². The van der Waals surface area contributed by atoms with Gasteiger partial charge in [0.1, 0.15) is 54.1 Å². The van der Waals surface area contributed by atoms with Gasteiger partial charge in [-0.05, 0) is 67.0 Å². The molecule has 1 aromatic heterocycles. The number of aromatic nitrogens is 1. The third-order valence-electron chi connectivity index (χ3n) is 14.3. The number of aliphatic imine (C=N–C) groups is 1. The normalized spacial score (nSPS) is 16.7. The van der Waals surface area contributed by atoms with Crippen molar-refractivity contribution >= 4 is 81.8 Å². The monoisotopic (exact) mass is 1220 g/mol. The number of primary amides is 2. The highest BCUT2D eigenvalue weighted by Gasteiger charge is 2.43. The van der Waals surface area contributed by atoms with Gasteiger partial charge >= 0.3 is 0 Å². The lowest BCUT2D eigenvalue weighted by Crippen LogP contribution is -2.61. The first-order valence-corrected chi connectivity index (χ1v) is 28.7. The summed E-state index contributed by atoms with van der Waals surface area (Å²) in [6.07, 6.45) is -2.30. The molecule has 0 radical (unpaired) electrons. The third kappa shape index (κ3) is 21.4. The van der Waals surface area contributed by atoms with Gasteiger partial charge < -0.3 is 90.3 Å². The van der Waals surface area contributed by atoms with Crippen molar-refractivity contribution < 1.29 is 68.1 Å². The number of hydrogen-bond acceptors (Lipinski definition) is 15. The Balaban J connectivity index is 1.28. The highest BCUT2D eigenvalue weighted by atomic mass is 16.3. The first kappa shape index (κ1) is 69.1. The summed E-state index contributed by atoms with van der Waals surface area (Å²) in [5.74, 6) is -10.1. The van der Waals surface area contributed by atoms with E-state index in [4.69, 9.17) is 17.2 Å². The number of phenols is 1. The van der Waals surface area contributed by atoms with E-state index in [2.05, 4.69) is 57.8 Å². The number of benzene rings is 3. The van der Waals surface area contributed by atoms with Crippen LogP contribution in [0, 0.1) is 5.92 Å². The first-order chi connectivity index (χ1) is 41.7. The molecule has 88 heavy (non-hydrogen) atoms. The fraction of sp³-hybridized carbons (Fsp3) is 0.458. The van der Waals surface area contributed by atoms with Crippen LogP contribution >= 0.6 is 0 Å². The van der Waals surface area contributed by atoms with Gasteiger partial charge in [0.2, 0.25) is 65.0 Å². The largest absolute Gasteiger partial charge is 0.508 e. The van der Waals surface area contributed by atoms with Gasteiger partial charge in [-0.3, -0.25) is 57.7 Å². The smallest absolute Gasteiger partial charge is 0.246 e. The summed E-state index contributed by atoms with van der Waals surface area (Å²) in [5.41, 5.74) is 19.6. The summed E-state index contributed by atoms with van der Waals surface area (Å²) in [4.78, 5) is 157. The number of nitrogens with one attached hydrogen (secondary N) is 10. The molecule has 11 amide bonds. The number of carbonyl (C=O) groups is 11. The summed E-state index contributed by atoms with van der Waals surface area (Å²) in [5, 5.41) is 55.2. The van der Waals surface area contributed by atoms with Crippen LogP contribution in [-0.4, -0.2) is 183 Å². The number of guanidine groups is 1. The Bertz CT molecular complexity index is 3140. The first-order valence-electron chi connectivity index (χ1n) is 28.7. The van der Waals surface area contributed by atoms with Gasteiger partial charge in [-0.1, -0.05) is 74.5 Å². The van der Waals surface area contributed by atoms with E-state index in [0.717, 1.165) is 22.7 Å². The van der Waals surface area contributed by atoms with E-state index in [1.54, 1.807) is 50.4 Å². The molecule has 0 saturated carbocycles. The second-order valence-electron chi connectivity index (χ2n) is 22.0. The van der Waals surface area contributed by atoms with Crippen LogP contribution in [0.3, 0.4) is 0 Å². The van der Waals surface area contributed by atoms with E-state index >= 15 is 0 Å². The van der Waals surface area contributed by atoms with Gasteiger partial charge in [-0.2, -0.15) is 0 Å². The molecule has 0 unspecified atom stereocenters. The number of nitrogens with two attached hydrogens (primary N) is 3. The van der Waals surface area contributed by atoms with Gasteiger partial charge in [0.25, 0.3) is 0 Å². The van der Waals surface area contributed by atoms with E-state index in [9.17, 15) is 68.1 Å². The molecular formula is C59H81N15O14. The summed E-state index contributed by atoms with van der Waals surface area (Å²) in [6.45, 7) is 5.02. The van der Waals surface area contributed by atoms with E-state index in [-0.39, 0.29) is 75.7 Å². The van der Waals surface area contributed by atoms with Gasteiger partial charge in [-0.25, -0.2) is 0 Å². The third-order valence-corrected chi connectivity index (χ3v) is 14.3. The summed E-state index contributed by atoms with van der Waals surface area (Å²) in [7, 11) is 1.48. The van der Waals surface area contributed by atoms with Gasteiger partial charge in [0.05, 0.1) is 25.2 Å². The van der Waals surface area contributed by atoms with Crippen molar-refractivity contribution in [2.45, 2.75) is 140 Å². The molecule has 29 nitrogen and oxygen atoms in total. The van der Waals surface area contributed by atoms with Crippen molar-refractivity contribution in [3.63, 3.8) is 0 Å². The van der Waals surface area contributed by atoms with E-state index in [1.165, 1.54) is 38.2 Å². The molecule has 0 aliphatic carbocycles. The van der Waals surface area contributed by atoms with Crippen molar-refractivity contribution in [2.75, 3.05) is 26.7 Å². The highest BCUT2D eigenvalue weighted by molar-refractivity contribution is 5.99. The molecule has 476 valence electrons. The lowest BCUT2D eigenvalue weighted by atomic mass is 10.0. The minimum absolute atomic E-state index is 0.0265. The van der Waals surface area contributed by atoms with Crippen LogP contribution in [0.2, 0.25) is 0 Å². The van der Waals surface area contributed by atoms with Crippen molar-refractivity contribution in [2.24, 2.45) is 28.1 Å². The van der Waals surface area contributed by atoms with E-state index in [0.29, 0.717) is 16.7 Å². The molecule has 19 N–H and O–H groups in total. The maximum atomic E-state index is 14.1. The molecule has 1 saturated heterocycles. The minimum atomic E-state index is -1.87. The second-order valence-corrected chi connectivity index (χ2v) is 22.0. The van der Waals surface area contributed by atoms with Crippen molar-refractivity contribution in [1.82, 2.24) is 57.7 Å². The molecule has 10 atom stereocenters. The van der Waals surface area contributed by atoms with Crippen LogP contribution in [0.5, 0.6) is 5.75 Å². The number of H-pyrrole nitrogens is 1. The minimum Gasteiger partial charge on any atom is -0.508 e. The number of rotatable bonds is 32. The maximum absolute atomic E-state index is 14.1. The Morgan fingerprint density at radius 2 is 1.28 bits per heavy atom. The molecule has 2 heterocycles. The average Bonchev–Trinajstić information content (AvgIpc) is 2.76. The zero-order valence-corrected chi connectivity index (χ0v) is 49.7. The van der Waals surface area contributed by atoms with Crippen LogP contribution in [0.4, 0.5) is 0 Å². The fourth-order valence-corrected chi connectivity index (χ4v) is 9.87. The molecule has 3 aromatic carbocycles. The number of likely N-dealkylation sites (tertiary alicyclic amines) is 1.